The summed E-state index contributed by atoms with van der Waals surface area (Å²) < 4.78 is 77.8. The summed E-state index contributed by atoms with van der Waals surface area (Å²) in [5.41, 5.74) is 11.0. The highest BCUT2D eigenvalue weighted by atomic mass is 32.7. The van der Waals surface area contributed by atoms with Gasteiger partial charge in [-0.15, -0.1) is 0 Å². The molecule has 2 unspecified atom stereocenters. The third-order valence-corrected chi connectivity index (χ3v) is 11.2. The van der Waals surface area contributed by atoms with Crippen molar-refractivity contribution in [3.63, 3.8) is 0 Å². The Morgan fingerprint density at radius 1 is 1.10 bits per heavy atom. The number of H-pyrrole nitrogens is 1. The number of likely N-dealkylation sites (N-methyl/N-ethyl adjacent to an activating group) is 1. The average molecular weight is 810 g/mol. The van der Waals surface area contributed by atoms with E-state index < -0.39 is 87.6 Å². The quantitative estimate of drug-likeness (QED) is 0.0650. The maximum Gasteiger partial charge on any atom is 0.508 e. The van der Waals surface area contributed by atoms with Crippen molar-refractivity contribution in [2.75, 3.05) is 44.9 Å². The Hall–Kier alpha value is -3.39. The predicted molar refractivity (Wildman–Crippen MR) is 180 cm³/mol. The van der Waals surface area contributed by atoms with Gasteiger partial charge in [-0.3, -0.25) is 32.5 Å². The van der Waals surface area contributed by atoms with E-state index in [-0.39, 0.29) is 40.7 Å². The average Bonchev–Trinajstić information content (AvgIpc) is 3.84. The first kappa shape index (κ1) is 36.9. The molecule has 4 aromatic heterocycles. The molecule has 7 N–H and O–H groups in total. The van der Waals surface area contributed by atoms with Crippen LogP contribution in [0.2, 0.25) is 0 Å². The number of alkyl halides is 1. The first-order valence-corrected chi connectivity index (χ1v) is 20.4. The minimum absolute atomic E-state index is 0.0423. The van der Waals surface area contributed by atoms with Crippen LogP contribution >= 0.6 is 25.8 Å². The summed E-state index contributed by atoms with van der Waals surface area (Å²) in [6, 6.07) is 0. The number of halogens is 1. The number of aromatic amines is 1. The molecule has 0 saturated carbocycles. The first-order valence-electron chi connectivity index (χ1n) is 15.1. The molecule has 0 amide bonds. The van der Waals surface area contributed by atoms with E-state index >= 15 is 4.39 Å². The van der Waals surface area contributed by atoms with Crippen LogP contribution in [0.1, 0.15) is 12.5 Å². The molecule has 0 bridgehead atoms. The lowest BCUT2D eigenvalue weighted by Crippen LogP contribution is -2.40. The molecule has 0 aromatic carbocycles. The van der Waals surface area contributed by atoms with Crippen LogP contribution in [-0.2, 0) is 53.4 Å². The molecule has 3 saturated heterocycles. The molecule has 0 radical (unpaired) electrons. The van der Waals surface area contributed by atoms with Gasteiger partial charge in [0.25, 0.3) is 5.56 Å². The van der Waals surface area contributed by atoms with Crippen molar-refractivity contribution in [3.8, 4) is 0 Å². The zero-order valence-corrected chi connectivity index (χ0v) is 30.0. The van der Waals surface area contributed by atoms with Gasteiger partial charge >= 0.3 is 19.7 Å². The van der Waals surface area contributed by atoms with E-state index in [1.807, 2.05) is 0 Å². The van der Waals surface area contributed by atoms with Crippen LogP contribution in [-0.4, -0.2) is 120 Å². The lowest BCUT2D eigenvalue weighted by Gasteiger charge is -2.30. The molecule has 0 aliphatic carbocycles. The summed E-state index contributed by atoms with van der Waals surface area (Å²) in [5.74, 6) is -0.229. The van der Waals surface area contributed by atoms with E-state index in [1.54, 1.807) is 7.05 Å². The van der Waals surface area contributed by atoms with E-state index in [4.69, 9.17) is 60.3 Å². The summed E-state index contributed by atoms with van der Waals surface area (Å²) in [4.78, 5) is 59.1. The second-order valence-electron chi connectivity index (χ2n) is 11.4. The number of hydrogen-bond acceptors (Lipinski definition) is 20. The number of imidazole rings is 2. The van der Waals surface area contributed by atoms with Gasteiger partial charge in [0.05, 0.1) is 25.9 Å². The summed E-state index contributed by atoms with van der Waals surface area (Å²) in [6.07, 6.45) is -10.1. The van der Waals surface area contributed by atoms with E-state index in [2.05, 4.69) is 47.5 Å². The van der Waals surface area contributed by atoms with Crippen LogP contribution in [0.5, 0.6) is 0 Å². The van der Waals surface area contributed by atoms with Crippen LogP contribution in [0.15, 0.2) is 23.8 Å². The second kappa shape index (κ2) is 14.4. The summed E-state index contributed by atoms with van der Waals surface area (Å²) >= 11 is 9.38. The number of thiol groups is 1. The van der Waals surface area contributed by atoms with Crippen molar-refractivity contribution >= 4 is 77.8 Å². The lowest BCUT2D eigenvalue weighted by molar-refractivity contribution is -0.0620. The molecule has 52 heavy (non-hydrogen) atoms. The fourth-order valence-corrected chi connectivity index (χ4v) is 8.69. The molecule has 28 heteroatoms. The van der Waals surface area contributed by atoms with Gasteiger partial charge in [-0.1, -0.05) is 12.2 Å². The number of nitrogens with two attached hydrogens (primary N) is 2. The van der Waals surface area contributed by atoms with Gasteiger partial charge in [-0.2, -0.15) is 4.98 Å². The van der Waals surface area contributed by atoms with E-state index in [0.29, 0.717) is 6.54 Å². The molecule has 7 rings (SSSR count). The summed E-state index contributed by atoms with van der Waals surface area (Å²) in [7, 11) is 1.65. The van der Waals surface area contributed by atoms with Crippen LogP contribution in [0.3, 0.4) is 0 Å². The van der Waals surface area contributed by atoms with Gasteiger partial charge in [0.1, 0.15) is 42.9 Å². The Morgan fingerprint density at radius 3 is 2.56 bits per heavy atom. The SMILES string of the molecule is CNCCOC(=O)O[C@@H]1[C@@H]2OP(O)(=S)OC[C@H]3O[C@@H](n4cnc5c(=O)[nH]c(N)nc54)[C@H](F)[C@@H]3OP(=O)(S)OC[C@H]2O[C@H]1n1cnc2c(N)ncnc21. The van der Waals surface area contributed by atoms with Crippen molar-refractivity contribution in [2.24, 2.45) is 0 Å². The third-order valence-electron chi connectivity index (χ3n) is 8.06. The van der Waals surface area contributed by atoms with Crippen molar-refractivity contribution in [1.82, 2.24) is 44.4 Å². The minimum Gasteiger partial charge on any atom is -0.433 e. The number of carbonyl (C=O) groups excluding carboxylic acids is 1. The first-order chi connectivity index (χ1) is 24.7. The highest BCUT2D eigenvalue weighted by Crippen LogP contribution is 2.58. The van der Waals surface area contributed by atoms with E-state index in [1.165, 1.54) is 17.2 Å². The summed E-state index contributed by atoms with van der Waals surface area (Å²) in [6.45, 7) is -9.98. The fourth-order valence-electron chi connectivity index (χ4n) is 5.77. The lowest BCUT2D eigenvalue weighted by atomic mass is 10.1. The van der Waals surface area contributed by atoms with Gasteiger partial charge in [-0.05, 0) is 18.9 Å². The zero-order chi connectivity index (χ0) is 36.9. The number of fused-ring (bicyclic) bond motifs is 4. The second-order valence-corrected chi connectivity index (χ2v) is 17.1. The number of ether oxygens (including phenoxy) is 4. The molecule has 23 nitrogen and oxygen atoms in total. The maximum atomic E-state index is 16.2. The highest BCUT2D eigenvalue weighted by molar-refractivity contribution is 8.44. The number of nitrogens with one attached hydrogen (secondary N) is 2. The van der Waals surface area contributed by atoms with Crippen molar-refractivity contribution < 1.29 is 55.7 Å². The predicted octanol–water partition coefficient (Wildman–Crippen LogP) is 0.0699. The number of nitrogens with zero attached hydrogens (tertiary/aromatic N) is 7. The Bertz CT molecular complexity index is 2140. The van der Waals surface area contributed by atoms with Gasteiger partial charge in [0.15, 0.2) is 47.4 Å². The number of rotatable bonds is 6. The Labute approximate surface area is 300 Å². The van der Waals surface area contributed by atoms with Gasteiger partial charge < -0.3 is 45.1 Å². The molecular formula is C24H30FN11O12P2S2. The highest BCUT2D eigenvalue weighted by Gasteiger charge is 2.55. The monoisotopic (exact) mass is 809 g/mol. The Morgan fingerprint density at radius 2 is 1.79 bits per heavy atom. The Kier molecular flexibility index (Phi) is 10.3. The van der Waals surface area contributed by atoms with Gasteiger partial charge in [0, 0.05) is 6.54 Å². The number of carbonyl (C=O) groups is 1. The number of anilines is 2. The van der Waals surface area contributed by atoms with Crippen LogP contribution < -0.4 is 22.3 Å². The topological polar surface area (TPSA) is 299 Å². The Balaban J connectivity index is 1.20. The van der Waals surface area contributed by atoms with E-state index in [0.717, 1.165) is 10.9 Å². The standard InChI is InChI=1S/C24H30FN11O12P2S2/c1-28-2-3-41-24(38)46-16-15-10(45-22(16)35-7-31-12-17(26)29-6-30-18(12)35)5-43-49(39,51)47-14-9(4-42-50(40,52)48-15)44-21(11(14)25)36-8-32-13-19(36)33-23(27)34-20(13)37/h6-11,14-16,21-22,28H,2-5H2,1H3,(H,39,51)(H,40,52)(H2,26,29,30)(H3,27,33,34,37)/t9-,10-,11-,14-,15-,16-,21-,22-,49?,50?/m1/s1. The largest absolute Gasteiger partial charge is 0.508 e. The van der Waals surface area contributed by atoms with Crippen molar-refractivity contribution in [2.45, 2.75) is 49.1 Å². The molecule has 282 valence electrons. The number of aromatic nitrogens is 8. The van der Waals surface area contributed by atoms with Crippen LogP contribution in [0.25, 0.3) is 22.3 Å². The number of nitrogen functional groups attached to an aromatic ring is 2. The number of hydrogen-bond donors (Lipinski definition) is 6. The molecule has 4 aromatic rings. The summed E-state index contributed by atoms with van der Waals surface area (Å²) in [5, 5.41) is 2.82. The molecular weight excluding hydrogens is 779 g/mol. The molecule has 7 heterocycles. The molecule has 0 spiro atoms. The molecule has 3 aliphatic rings. The molecule has 3 aliphatic heterocycles. The van der Waals surface area contributed by atoms with Gasteiger partial charge in [-0.25, -0.2) is 33.7 Å². The van der Waals surface area contributed by atoms with Crippen LogP contribution in [0.4, 0.5) is 21.0 Å². The fraction of sp³-hybridized carbons (Fsp3) is 0.542. The van der Waals surface area contributed by atoms with Crippen LogP contribution in [0, 0.1) is 0 Å². The maximum absolute atomic E-state index is 16.2. The minimum atomic E-state index is -4.49. The van der Waals surface area contributed by atoms with E-state index in [9.17, 15) is 19.0 Å². The molecule has 3 fully saturated rings. The molecule has 10 atom stereocenters. The van der Waals surface area contributed by atoms with Gasteiger partial charge in [0.2, 0.25) is 5.95 Å². The van der Waals surface area contributed by atoms with Crippen molar-refractivity contribution in [3.05, 3.63) is 29.3 Å². The normalized spacial score (nSPS) is 34.0. The third kappa shape index (κ3) is 7.25. The van der Waals surface area contributed by atoms with Crippen molar-refractivity contribution in [1.29, 1.82) is 0 Å². The smallest absolute Gasteiger partial charge is 0.433 e. The zero-order valence-electron chi connectivity index (χ0n) is 26.5.